The number of amides is 4. The number of fused-ring (bicyclic) bond motifs is 1. The van der Waals surface area contributed by atoms with Crippen molar-refractivity contribution in [2.24, 2.45) is 10.8 Å². The van der Waals surface area contributed by atoms with Crippen molar-refractivity contribution in [3.05, 3.63) is 27.8 Å². The van der Waals surface area contributed by atoms with E-state index in [-0.39, 0.29) is 16.8 Å². The van der Waals surface area contributed by atoms with E-state index in [0.29, 0.717) is 5.56 Å². The highest BCUT2D eigenvalue weighted by molar-refractivity contribution is 6.27. The number of hydrogen-bond donors (Lipinski definition) is 2. The van der Waals surface area contributed by atoms with Gasteiger partial charge in [-0.15, -0.1) is 0 Å². The van der Waals surface area contributed by atoms with E-state index in [2.05, 4.69) is 5.32 Å². The Morgan fingerprint density at radius 2 is 1.25 bits per heavy atom. The summed E-state index contributed by atoms with van der Waals surface area (Å²) in [7, 11) is 0. The number of nitrogen functional groups attached to an aromatic ring is 1. The van der Waals surface area contributed by atoms with E-state index >= 15 is 0 Å². The highest BCUT2D eigenvalue weighted by atomic mass is 16.2. The highest BCUT2D eigenvalue weighted by Gasteiger charge is 2.67. The van der Waals surface area contributed by atoms with Crippen LogP contribution in [0.4, 0.5) is 5.69 Å². The number of nitrogens with zero attached hydrogens (tertiary/aromatic N) is 1. The molecule has 28 heavy (non-hydrogen) atoms. The third-order valence-electron chi connectivity index (χ3n) is 7.72. The van der Waals surface area contributed by atoms with Gasteiger partial charge in [0.15, 0.2) is 0 Å². The van der Waals surface area contributed by atoms with E-state index < -0.39 is 40.0 Å². The molecule has 1 aromatic carbocycles. The third-order valence-corrected chi connectivity index (χ3v) is 7.72. The fraction of sp³-hybridized carbons (Fsp3) is 0.524. The van der Waals surface area contributed by atoms with Gasteiger partial charge in [0.1, 0.15) is 5.54 Å². The average Bonchev–Trinajstić information content (AvgIpc) is 2.86. The van der Waals surface area contributed by atoms with E-state index in [9.17, 15) is 19.2 Å². The van der Waals surface area contributed by atoms with E-state index in [1.807, 2.05) is 6.92 Å². The van der Waals surface area contributed by atoms with Crippen molar-refractivity contribution in [3.8, 4) is 0 Å². The van der Waals surface area contributed by atoms with E-state index in [1.54, 1.807) is 48.5 Å². The number of nitrogens with two attached hydrogens (primary N) is 1. The SMILES string of the molecule is Cc1c(C)c(N)c2c(c1C)C(=O)N(C1(C)C(=O)NC(=O)C(C)(C)C1(C)C)C2=O. The molecule has 2 aliphatic rings. The van der Waals surface area contributed by atoms with Crippen LogP contribution >= 0.6 is 0 Å². The maximum Gasteiger partial charge on any atom is 0.264 e. The Balaban J connectivity index is 2.31. The molecule has 1 fully saturated rings. The highest BCUT2D eigenvalue weighted by Crippen LogP contribution is 2.54. The van der Waals surface area contributed by atoms with Gasteiger partial charge in [-0.2, -0.15) is 0 Å². The van der Waals surface area contributed by atoms with Gasteiger partial charge < -0.3 is 5.73 Å². The van der Waals surface area contributed by atoms with Crippen molar-refractivity contribution in [3.63, 3.8) is 0 Å². The second-order valence-electron chi connectivity index (χ2n) is 9.09. The molecule has 3 N–H and O–H groups in total. The number of anilines is 1. The fourth-order valence-corrected chi connectivity index (χ4v) is 4.33. The lowest BCUT2D eigenvalue weighted by molar-refractivity contribution is -0.165. The lowest BCUT2D eigenvalue weighted by Crippen LogP contribution is -2.75. The molecule has 1 saturated heterocycles. The van der Waals surface area contributed by atoms with E-state index in [1.165, 1.54) is 0 Å². The van der Waals surface area contributed by atoms with Gasteiger partial charge in [-0.1, -0.05) is 27.7 Å². The summed E-state index contributed by atoms with van der Waals surface area (Å²) in [6, 6.07) is 0. The number of benzene rings is 1. The van der Waals surface area contributed by atoms with Crippen LogP contribution in [0.5, 0.6) is 0 Å². The van der Waals surface area contributed by atoms with Crippen LogP contribution in [0, 0.1) is 31.6 Å². The molecular weight excluding hydrogens is 358 g/mol. The maximum absolute atomic E-state index is 13.5. The van der Waals surface area contributed by atoms with Crippen LogP contribution in [-0.4, -0.2) is 34.1 Å². The van der Waals surface area contributed by atoms with Gasteiger partial charge in [0.25, 0.3) is 17.7 Å². The second kappa shape index (κ2) is 5.43. The first-order valence-corrected chi connectivity index (χ1v) is 9.28. The molecule has 0 spiro atoms. The van der Waals surface area contributed by atoms with Crippen molar-refractivity contribution < 1.29 is 19.2 Å². The average molecular weight is 385 g/mol. The predicted molar refractivity (Wildman–Crippen MR) is 105 cm³/mol. The summed E-state index contributed by atoms with van der Waals surface area (Å²) in [6.07, 6.45) is 0. The Hall–Kier alpha value is -2.70. The topological polar surface area (TPSA) is 110 Å². The van der Waals surface area contributed by atoms with Crippen LogP contribution in [0.1, 0.15) is 72.0 Å². The molecule has 2 heterocycles. The molecule has 1 unspecified atom stereocenters. The largest absolute Gasteiger partial charge is 0.398 e. The number of hydrogen-bond acceptors (Lipinski definition) is 5. The molecule has 1 aromatic rings. The standard InChI is InChI=1S/C21H27N3O4/c1-9-10(2)12-13(14(22)11(9)3)16(26)24(15(12)25)21(8)18(28)23-17(27)19(4,5)20(21,6)7/h22H2,1-8H3,(H,23,27,28). The minimum absolute atomic E-state index is 0.144. The number of piperidine rings is 1. The van der Waals surface area contributed by atoms with Crippen LogP contribution in [0.25, 0.3) is 0 Å². The minimum Gasteiger partial charge on any atom is -0.398 e. The number of rotatable bonds is 1. The smallest absolute Gasteiger partial charge is 0.264 e. The normalized spacial score (nSPS) is 25.8. The quantitative estimate of drug-likeness (QED) is 0.569. The third kappa shape index (κ3) is 1.94. The Morgan fingerprint density at radius 3 is 1.79 bits per heavy atom. The summed E-state index contributed by atoms with van der Waals surface area (Å²) in [5.41, 5.74) is 5.51. The molecule has 0 radical (unpaired) electrons. The first-order valence-electron chi connectivity index (χ1n) is 9.28. The molecule has 1 atom stereocenters. The predicted octanol–water partition coefficient (Wildman–Crippen LogP) is 2.26. The first-order chi connectivity index (χ1) is 12.6. The first kappa shape index (κ1) is 20.0. The van der Waals surface area contributed by atoms with E-state index in [4.69, 9.17) is 5.73 Å². The maximum atomic E-state index is 13.5. The summed E-state index contributed by atoms with van der Waals surface area (Å²) in [6.45, 7) is 13.9. The number of imide groups is 2. The monoisotopic (exact) mass is 385 g/mol. The molecule has 0 saturated carbocycles. The number of carbonyl (C=O) groups is 4. The zero-order chi connectivity index (χ0) is 21.6. The van der Waals surface area contributed by atoms with Crippen molar-refractivity contribution in [1.29, 1.82) is 0 Å². The zero-order valence-corrected chi connectivity index (χ0v) is 17.7. The summed E-state index contributed by atoms with van der Waals surface area (Å²) < 4.78 is 0. The van der Waals surface area contributed by atoms with Crippen LogP contribution in [0.2, 0.25) is 0 Å². The van der Waals surface area contributed by atoms with Crippen LogP contribution in [0.3, 0.4) is 0 Å². The molecule has 4 amide bonds. The summed E-state index contributed by atoms with van der Waals surface area (Å²) in [5.74, 6) is -2.25. The molecule has 0 aliphatic carbocycles. The van der Waals surface area contributed by atoms with Crippen LogP contribution in [-0.2, 0) is 9.59 Å². The van der Waals surface area contributed by atoms with Crippen molar-refractivity contribution in [2.45, 2.75) is 60.9 Å². The van der Waals surface area contributed by atoms with E-state index in [0.717, 1.165) is 16.0 Å². The van der Waals surface area contributed by atoms with Gasteiger partial charge in [-0.05, 0) is 44.4 Å². The molecular formula is C21H27N3O4. The molecule has 2 aliphatic heterocycles. The lowest BCUT2D eigenvalue weighted by Gasteiger charge is -2.56. The zero-order valence-electron chi connectivity index (χ0n) is 17.7. The molecule has 0 aromatic heterocycles. The molecule has 0 bridgehead atoms. The van der Waals surface area contributed by atoms with Crippen LogP contribution in [0.15, 0.2) is 0 Å². The van der Waals surface area contributed by atoms with Crippen molar-refractivity contribution >= 4 is 29.3 Å². The van der Waals surface area contributed by atoms with Gasteiger partial charge in [-0.3, -0.25) is 29.4 Å². The fourth-order valence-electron chi connectivity index (χ4n) is 4.33. The minimum atomic E-state index is -1.57. The van der Waals surface area contributed by atoms with Crippen molar-refractivity contribution in [2.75, 3.05) is 5.73 Å². The Bertz CT molecular complexity index is 943. The second-order valence-corrected chi connectivity index (χ2v) is 9.09. The summed E-state index contributed by atoms with van der Waals surface area (Å²) in [5, 5.41) is 2.36. The van der Waals surface area contributed by atoms with Gasteiger partial charge in [0.05, 0.1) is 16.5 Å². The summed E-state index contributed by atoms with van der Waals surface area (Å²) >= 11 is 0. The van der Waals surface area contributed by atoms with Gasteiger partial charge in [0, 0.05) is 11.1 Å². The summed E-state index contributed by atoms with van der Waals surface area (Å²) in [4.78, 5) is 53.4. The number of carbonyl (C=O) groups excluding carboxylic acids is 4. The van der Waals surface area contributed by atoms with Crippen LogP contribution < -0.4 is 11.1 Å². The van der Waals surface area contributed by atoms with Crippen molar-refractivity contribution in [1.82, 2.24) is 10.2 Å². The number of nitrogens with one attached hydrogen (secondary N) is 1. The molecule has 7 nitrogen and oxygen atoms in total. The Labute approximate surface area is 164 Å². The molecule has 150 valence electrons. The lowest BCUT2D eigenvalue weighted by atomic mass is 9.54. The molecule has 7 heteroatoms. The van der Waals surface area contributed by atoms with Gasteiger partial charge in [-0.25, -0.2) is 0 Å². The Kier molecular flexibility index (Phi) is 3.89. The Morgan fingerprint density at radius 1 is 0.750 bits per heavy atom. The van der Waals surface area contributed by atoms with Gasteiger partial charge in [0.2, 0.25) is 5.91 Å². The van der Waals surface area contributed by atoms with Gasteiger partial charge >= 0.3 is 0 Å². The molecule has 3 rings (SSSR count).